The topological polar surface area (TPSA) is 31.6 Å². The van der Waals surface area contributed by atoms with E-state index in [4.69, 9.17) is 0 Å². The summed E-state index contributed by atoms with van der Waals surface area (Å²) < 4.78 is 13.4. The van der Waals surface area contributed by atoms with Crippen molar-refractivity contribution in [2.45, 2.75) is 12.8 Å². The van der Waals surface area contributed by atoms with E-state index in [0.717, 1.165) is 17.0 Å². The average molecular weight is 254 g/mol. The highest BCUT2D eigenvalue weighted by atomic mass is 19.1. The zero-order valence-corrected chi connectivity index (χ0v) is 10.7. The number of halogens is 1. The summed E-state index contributed by atoms with van der Waals surface area (Å²) in [6.07, 6.45) is 3.81. The molecule has 0 aliphatic rings. The van der Waals surface area contributed by atoms with Gasteiger partial charge in [-0.15, -0.1) is 0 Å². The van der Waals surface area contributed by atoms with E-state index in [0.29, 0.717) is 5.56 Å². The Hall–Kier alpha value is -2.29. The predicted octanol–water partition coefficient (Wildman–Crippen LogP) is 3.97. The Balaban J connectivity index is 2.12. The van der Waals surface area contributed by atoms with Crippen LogP contribution < -0.4 is 0 Å². The van der Waals surface area contributed by atoms with Crippen LogP contribution in [0.4, 0.5) is 4.39 Å². The second-order valence-corrected chi connectivity index (χ2v) is 4.69. The number of aryl methyl sites for hydroxylation is 1. The lowest BCUT2D eigenvalue weighted by Crippen LogP contribution is -2.05. The second-order valence-electron chi connectivity index (χ2n) is 4.69. The minimum atomic E-state index is -0.166. The maximum Gasteiger partial charge on any atom is 0.126 e. The van der Waals surface area contributed by atoms with Crippen LogP contribution in [0.2, 0.25) is 0 Å². The van der Waals surface area contributed by atoms with Crippen molar-refractivity contribution in [3.63, 3.8) is 0 Å². The van der Waals surface area contributed by atoms with E-state index in [-0.39, 0.29) is 11.7 Å². The fourth-order valence-electron chi connectivity index (χ4n) is 2.42. The molecule has 19 heavy (non-hydrogen) atoms. The van der Waals surface area contributed by atoms with Gasteiger partial charge in [0.1, 0.15) is 5.82 Å². The van der Waals surface area contributed by atoms with Crippen LogP contribution >= 0.6 is 0 Å². The molecule has 2 N–H and O–H groups in total. The fraction of sp³-hybridized carbons (Fsp3) is 0.125. The molecule has 0 unspecified atom stereocenters. The van der Waals surface area contributed by atoms with Crippen molar-refractivity contribution < 1.29 is 4.39 Å². The standard InChI is InChI=1S/C16H15FN2/c1-11-10-12(6-7-13(11)17)16(14-4-2-8-18-14)15-5-3-9-19-15/h2-10,16,18-19H,1H3. The van der Waals surface area contributed by atoms with Crippen LogP contribution in [0, 0.1) is 12.7 Å². The van der Waals surface area contributed by atoms with Crippen LogP contribution in [0.5, 0.6) is 0 Å². The van der Waals surface area contributed by atoms with Gasteiger partial charge in [-0.05, 0) is 48.4 Å². The summed E-state index contributed by atoms with van der Waals surface area (Å²) in [5, 5.41) is 0. The van der Waals surface area contributed by atoms with Crippen LogP contribution in [-0.2, 0) is 0 Å². The lowest BCUT2D eigenvalue weighted by Gasteiger charge is -2.16. The number of H-pyrrole nitrogens is 2. The first-order chi connectivity index (χ1) is 9.25. The van der Waals surface area contributed by atoms with Crippen molar-refractivity contribution in [2.75, 3.05) is 0 Å². The third kappa shape index (κ3) is 2.19. The Kier molecular flexibility index (Phi) is 2.95. The Morgan fingerprint density at radius 2 is 1.58 bits per heavy atom. The van der Waals surface area contributed by atoms with E-state index in [1.54, 1.807) is 6.92 Å². The molecule has 0 atom stereocenters. The van der Waals surface area contributed by atoms with Gasteiger partial charge in [0, 0.05) is 23.8 Å². The molecule has 3 heteroatoms. The monoisotopic (exact) mass is 254 g/mol. The average Bonchev–Trinajstić information content (AvgIpc) is 3.07. The van der Waals surface area contributed by atoms with Gasteiger partial charge in [-0.3, -0.25) is 0 Å². The highest BCUT2D eigenvalue weighted by Crippen LogP contribution is 2.30. The quantitative estimate of drug-likeness (QED) is 0.708. The SMILES string of the molecule is Cc1cc(C(c2ccc[nH]2)c2ccc[nH]2)ccc1F. The summed E-state index contributed by atoms with van der Waals surface area (Å²) >= 11 is 0. The summed E-state index contributed by atoms with van der Waals surface area (Å²) in [4.78, 5) is 6.49. The molecule has 0 radical (unpaired) electrons. The summed E-state index contributed by atoms with van der Waals surface area (Å²) in [5.74, 6) is -0.0928. The predicted molar refractivity (Wildman–Crippen MR) is 73.7 cm³/mol. The Morgan fingerprint density at radius 3 is 2.05 bits per heavy atom. The van der Waals surface area contributed by atoms with Gasteiger partial charge in [0.25, 0.3) is 0 Å². The van der Waals surface area contributed by atoms with Crippen LogP contribution in [0.3, 0.4) is 0 Å². The molecule has 3 rings (SSSR count). The first-order valence-electron chi connectivity index (χ1n) is 6.28. The van der Waals surface area contributed by atoms with Crippen molar-refractivity contribution in [1.82, 2.24) is 9.97 Å². The molecule has 0 fully saturated rings. The highest BCUT2D eigenvalue weighted by Gasteiger charge is 2.18. The lowest BCUT2D eigenvalue weighted by atomic mass is 9.91. The van der Waals surface area contributed by atoms with E-state index >= 15 is 0 Å². The van der Waals surface area contributed by atoms with Gasteiger partial charge in [-0.2, -0.15) is 0 Å². The molecule has 1 aromatic carbocycles. The maximum atomic E-state index is 13.4. The Morgan fingerprint density at radius 1 is 0.947 bits per heavy atom. The molecule has 0 saturated carbocycles. The van der Waals surface area contributed by atoms with Crippen LogP contribution in [0.1, 0.15) is 28.4 Å². The number of nitrogens with one attached hydrogen (secondary N) is 2. The van der Waals surface area contributed by atoms with Crippen molar-refractivity contribution in [2.24, 2.45) is 0 Å². The van der Waals surface area contributed by atoms with Gasteiger partial charge in [-0.1, -0.05) is 12.1 Å². The molecule has 0 amide bonds. The first-order valence-corrected chi connectivity index (χ1v) is 6.28. The molecule has 96 valence electrons. The smallest absolute Gasteiger partial charge is 0.126 e. The van der Waals surface area contributed by atoms with Crippen molar-refractivity contribution in [3.05, 3.63) is 83.2 Å². The van der Waals surface area contributed by atoms with E-state index in [9.17, 15) is 4.39 Å². The normalized spacial score (nSPS) is 11.1. The van der Waals surface area contributed by atoms with Crippen molar-refractivity contribution >= 4 is 0 Å². The number of hydrogen-bond donors (Lipinski definition) is 2. The summed E-state index contributed by atoms with van der Waals surface area (Å²) in [7, 11) is 0. The number of hydrogen-bond acceptors (Lipinski definition) is 0. The summed E-state index contributed by atoms with van der Waals surface area (Å²) in [6, 6.07) is 13.3. The number of benzene rings is 1. The minimum Gasteiger partial charge on any atom is -0.364 e. The van der Waals surface area contributed by atoms with E-state index in [1.165, 1.54) is 6.07 Å². The second kappa shape index (κ2) is 4.76. The number of rotatable bonds is 3. The van der Waals surface area contributed by atoms with E-state index < -0.39 is 0 Å². The molecule has 0 spiro atoms. The van der Waals surface area contributed by atoms with Crippen LogP contribution in [0.15, 0.2) is 54.9 Å². The molecule has 3 aromatic rings. The molecule has 0 aliphatic heterocycles. The molecule has 0 bridgehead atoms. The Bertz CT molecular complexity index is 620. The van der Waals surface area contributed by atoms with Gasteiger partial charge in [0.2, 0.25) is 0 Å². The van der Waals surface area contributed by atoms with Crippen LogP contribution in [-0.4, -0.2) is 9.97 Å². The molecule has 0 aliphatic carbocycles. The largest absolute Gasteiger partial charge is 0.364 e. The number of aromatic nitrogens is 2. The maximum absolute atomic E-state index is 13.4. The van der Waals surface area contributed by atoms with Gasteiger partial charge in [0.05, 0.1) is 5.92 Å². The van der Waals surface area contributed by atoms with Gasteiger partial charge in [-0.25, -0.2) is 4.39 Å². The molecule has 2 nitrogen and oxygen atoms in total. The molecular weight excluding hydrogens is 239 g/mol. The molecule has 2 aromatic heterocycles. The molecule has 2 heterocycles. The minimum absolute atomic E-state index is 0.0734. The lowest BCUT2D eigenvalue weighted by molar-refractivity contribution is 0.617. The molecular formula is C16H15FN2. The van der Waals surface area contributed by atoms with Gasteiger partial charge >= 0.3 is 0 Å². The fourth-order valence-corrected chi connectivity index (χ4v) is 2.42. The highest BCUT2D eigenvalue weighted by molar-refractivity contribution is 5.39. The van der Waals surface area contributed by atoms with Crippen LogP contribution in [0.25, 0.3) is 0 Å². The van der Waals surface area contributed by atoms with E-state index in [2.05, 4.69) is 9.97 Å². The molecule has 0 saturated heterocycles. The zero-order valence-electron chi connectivity index (χ0n) is 10.7. The third-order valence-electron chi connectivity index (χ3n) is 3.38. The van der Waals surface area contributed by atoms with E-state index in [1.807, 2.05) is 48.8 Å². The zero-order chi connectivity index (χ0) is 13.2. The van der Waals surface area contributed by atoms with Gasteiger partial charge < -0.3 is 9.97 Å². The summed E-state index contributed by atoms with van der Waals surface area (Å²) in [6.45, 7) is 1.79. The Labute approximate surface area is 111 Å². The van der Waals surface area contributed by atoms with Crippen molar-refractivity contribution in [3.8, 4) is 0 Å². The van der Waals surface area contributed by atoms with Crippen molar-refractivity contribution in [1.29, 1.82) is 0 Å². The third-order valence-corrected chi connectivity index (χ3v) is 3.38. The summed E-state index contributed by atoms with van der Waals surface area (Å²) in [5.41, 5.74) is 3.92. The number of aromatic amines is 2. The first kappa shape index (κ1) is 11.8. The van der Waals surface area contributed by atoms with Gasteiger partial charge in [0.15, 0.2) is 0 Å².